The van der Waals surface area contributed by atoms with Gasteiger partial charge in [-0.25, -0.2) is 0 Å². The lowest BCUT2D eigenvalue weighted by molar-refractivity contribution is -0.118. The van der Waals surface area contributed by atoms with Gasteiger partial charge in [0.1, 0.15) is 0 Å². The first kappa shape index (κ1) is 18.2. The molecular formula is C20H21N3O2S. The van der Waals surface area contributed by atoms with Crippen LogP contribution in [-0.4, -0.2) is 28.4 Å². The predicted molar refractivity (Wildman–Crippen MR) is 103 cm³/mol. The normalized spacial score (nSPS) is 10.7. The summed E-state index contributed by atoms with van der Waals surface area (Å²) in [5.41, 5.74) is 4.48. The van der Waals surface area contributed by atoms with Crippen LogP contribution in [0.5, 0.6) is 0 Å². The van der Waals surface area contributed by atoms with Crippen LogP contribution in [0.25, 0.3) is 11.5 Å². The van der Waals surface area contributed by atoms with Gasteiger partial charge in [-0.1, -0.05) is 48.2 Å². The third-order valence-electron chi connectivity index (χ3n) is 4.07. The van der Waals surface area contributed by atoms with E-state index in [2.05, 4.69) is 22.4 Å². The quantitative estimate of drug-likeness (QED) is 0.643. The molecule has 0 aliphatic carbocycles. The van der Waals surface area contributed by atoms with Crippen molar-refractivity contribution >= 4 is 17.7 Å². The van der Waals surface area contributed by atoms with Gasteiger partial charge in [0.05, 0.1) is 5.75 Å². The molecule has 0 aliphatic heterocycles. The fourth-order valence-electron chi connectivity index (χ4n) is 2.43. The lowest BCUT2D eigenvalue weighted by atomic mass is 10.1. The van der Waals surface area contributed by atoms with Crippen LogP contribution in [0.3, 0.4) is 0 Å². The molecule has 3 rings (SSSR count). The third kappa shape index (κ3) is 4.95. The second-order valence-electron chi connectivity index (χ2n) is 6.05. The molecule has 0 saturated carbocycles. The van der Waals surface area contributed by atoms with E-state index in [0.29, 0.717) is 17.7 Å². The van der Waals surface area contributed by atoms with Crippen molar-refractivity contribution in [2.24, 2.45) is 0 Å². The summed E-state index contributed by atoms with van der Waals surface area (Å²) in [7, 11) is 0. The van der Waals surface area contributed by atoms with Gasteiger partial charge in [0.25, 0.3) is 5.22 Å². The highest BCUT2D eigenvalue weighted by molar-refractivity contribution is 7.99. The molecule has 0 fully saturated rings. The number of carbonyl (C=O) groups excluding carboxylic acids is 1. The second kappa shape index (κ2) is 8.67. The number of nitrogens with zero attached hydrogens (tertiary/aromatic N) is 2. The molecule has 5 nitrogen and oxygen atoms in total. The van der Waals surface area contributed by atoms with Crippen LogP contribution in [0, 0.1) is 13.8 Å². The monoisotopic (exact) mass is 367 g/mol. The molecule has 1 heterocycles. The van der Waals surface area contributed by atoms with Crippen molar-refractivity contribution in [3.63, 3.8) is 0 Å². The van der Waals surface area contributed by atoms with E-state index in [1.807, 2.05) is 55.5 Å². The van der Waals surface area contributed by atoms with E-state index >= 15 is 0 Å². The second-order valence-corrected chi connectivity index (χ2v) is 6.97. The number of nitrogens with one attached hydrogen (secondary N) is 1. The molecule has 0 bridgehead atoms. The van der Waals surface area contributed by atoms with Crippen LogP contribution < -0.4 is 5.32 Å². The van der Waals surface area contributed by atoms with Crippen molar-refractivity contribution in [3.05, 3.63) is 65.2 Å². The molecule has 0 unspecified atom stereocenters. The lowest BCUT2D eigenvalue weighted by Crippen LogP contribution is -2.27. The molecule has 1 amide bonds. The minimum atomic E-state index is -0.0446. The number of rotatable bonds is 7. The fraction of sp³-hybridized carbons (Fsp3) is 0.250. The van der Waals surface area contributed by atoms with Crippen molar-refractivity contribution in [2.75, 3.05) is 12.3 Å². The summed E-state index contributed by atoms with van der Waals surface area (Å²) in [5.74, 6) is 0.681. The number of carbonyl (C=O) groups is 1. The molecule has 0 saturated heterocycles. The Morgan fingerprint density at radius 1 is 1.08 bits per heavy atom. The van der Waals surface area contributed by atoms with Crippen LogP contribution in [-0.2, 0) is 11.2 Å². The summed E-state index contributed by atoms with van der Waals surface area (Å²) >= 11 is 1.25. The van der Waals surface area contributed by atoms with E-state index in [1.165, 1.54) is 28.5 Å². The lowest BCUT2D eigenvalue weighted by Gasteiger charge is -2.04. The molecular weight excluding hydrogens is 346 g/mol. The van der Waals surface area contributed by atoms with Crippen molar-refractivity contribution in [3.8, 4) is 11.5 Å². The Balaban J connectivity index is 1.47. The van der Waals surface area contributed by atoms with Crippen molar-refractivity contribution < 1.29 is 9.21 Å². The summed E-state index contributed by atoms with van der Waals surface area (Å²) in [5, 5.41) is 11.4. The topological polar surface area (TPSA) is 68.0 Å². The maximum Gasteiger partial charge on any atom is 0.277 e. The fourth-order valence-corrected chi connectivity index (χ4v) is 3.02. The Kier molecular flexibility index (Phi) is 6.07. The maximum atomic E-state index is 11.9. The Morgan fingerprint density at radius 3 is 2.65 bits per heavy atom. The Hall–Kier alpha value is -2.60. The van der Waals surface area contributed by atoms with Crippen LogP contribution >= 0.6 is 11.8 Å². The van der Waals surface area contributed by atoms with Gasteiger partial charge >= 0.3 is 0 Å². The Labute approximate surface area is 157 Å². The SMILES string of the molecule is Cc1ccc(-c2nnc(SCC(=O)NCCc3ccccc3)o2)cc1C. The van der Waals surface area contributed by atoms with Crippen molar-refractivity contribution in [1.82, 2.24) is 15.5 Å². The summed E-state index contributed by atoms with van der Waals surface area (Å²) < 4.78 is 5.65. The summed E-state index contributed by atoms with van der Waals surface area (Å²) in [6, 6.07) is 16.1. The molecule has 6 heteroatoms. The minimum absolute atomic E-state index is 0.0446. The highest BCUT2D eigenvalue weighted by Gasteiger charge is 2.11. The average Bonchev–Trinajstić information content (AvgIpc) is 3.12. The van der Waals surface area contributed by atoms with Crippen LogP contribution in [0.15, 0.2) is 58.2 Å². The van der Waals surface area contributed by atoms with E-state index in [-0.39, 0.29) is 11.7 Å². The molecule has 3 aromatic rings. The minimum Gasteiger partial charge on any atom is -0.411 e. The highest BCUT2D eigenvalue weighted by Crippen LogP contribution is 2.24. The molecule has 0 radical (unpaired) electrons. The molecule has 26 heavy (non-hydrogen) atoms. The Bertz CT molecular complexity index is 878. The first-order valence-electron chi connectivity index (χ1n) is 8.46. The van der Waals surface area contributed by atoms with E-state index in [4.69, 9.17) is 4.42 Å². The summed E-state index contributed by atoms with van der Waals surface area (Å²) in [6.45, 7) is 4.72. The summed E-state index contributed by atoms with van der Waals surface area (Å²) in [4.78, 5) is 11.9. The third-order valence-corrected chi connectivity index (χ3v) is 4.88. The first-order chi connectivity index (χ1) is 12.6. The van der Waals surface area contributed by atoms with Gasteiger partial charge in [0, 0.05) is 12.1 Å². The van der Waals surface area contributed by atoms with Crippen LogP contribution in [0.2, 0.25) is 0 Å². The van der Waals surface area contributed by atoms with Gasteiger partial charge in [-0.05, 0) is 49.1 Å². The van der Waals surface area contributed by atoms with Crippen molar-refractivity contribution in [1.29, 1.82) is 0 Å². The molecule has 1 aromatic heterocycles. The molecule has 1 N–H and O–H groups in total. The van der Waals surface area contributed by atoms with Gasteiger partial charge in [-0.2, -0.15) is 0 Å². The molecule has 0 atom stereocenters. The number of hydrogen-bond donors (Lipinski definition) is 1. The van der Waals surface area contributed by atoms with E-state index < -0.39 is 0 Å². The molecule has 0 aliphatic rings. The highest BCUT2D eigenvalue weighted by atomic mass is 32.2. The van der Waals surface area contributed by atoms with Gasteiger partial charge in [0.2, 0.25) is 11.8 Å². The van der Waals surface area contributed by atoms with Crippen LogP contribution in [0.4, 0.5) is 0 Å². The van der Waals surface area contributed by atoms with E-state index in [9.17, 15) is 4.79 Å². The average molecular weight is 367 g/mol. The van der Waals surface area contributed by atoms with Crippen LogP contribution in [0.1, 0.15) is 16.7 Å². The van der Waals surface area contributed by atoms with Gasteiger partial charge < -0.3 is 9.73 Å². The standard InChI is InChI=1S/C20H21N3O2S/c1-14-8-9-17(12-15(14)2)19-22-23-20(25-19)26-13-18(24)21-11-10-16-6-4-3-5-7-16/h3-9,12H,10-11,13H2,1-2H3,(H,21,24). The smallest absolute Gasteiger partial charge is 0.277 e. The predicted octanol–water partition coefficient (Wildman–Crippen LogP) is 3.80. The Morgan fingerprint density at radius 2 is 1.88 bits per heavy atom. The zero-order valence-corrected chi connectivity index (χ0v) is 15.7. The molecule has 2 aromatic carbocycles. The number of aryl methyl sites for hydroxylation is 2. The van der Waals surface area contributed by atoms with Gasteiger partial charge in [0.15, 0.2) is 0 Å². The van der Waals surface area contributed by atoms with Crippen molar-refractivity contribution in [2.45, 2.75) is 25.5 Å². The number of amides is 1. The number of aromatic nitrogens is 2. The maximum absolute atomic E-state index is 11.9. The zero-order valence-electron chi connectivity index (χ0n) is 14.9. The number of hydrogen-bond acceptors (Lipinski definition) is 5. The van der Waals surface area contributed by atoms with Gasteiger partial charge in [-0.15, -0.1) is 10.2 Å². The molecule has 0 spiro atoms. The largest absolute Gasteiger partial charge is 0.411 e. The number of thioether (sulfide) groups is 1. The zero-order chi connectivity index (χ0) is 18.4. The first-order valence-corrected chi connectivity index (χ1v) is 9.45. The van der Waals surface area contributed by atoms with E-state index in [1.54, 1.807) is 0 Å². The van der Waals surface area contributed by atoms with Gasteiger partial charge in [-0.3, -0.25) is 4.79 Å². The number of benzene rings is 2. The van der Waals surface area contributed by atoms with E-state index in [0.717, 1.165) is 12.0 Å². The molecule has 134 valence electrons. The summed E-state index contributed by atoms with van der Waals surface area (Å²) in [6.07, 6.45) is 0.814.